The zero-order valence-electron chi connectivity index (χ0n) is 54.6. The minimum atomic E-state index is -2.97. The molecule has 4 unspecified atom stereocenters. The van der Waals surface area contributed by atoms with Crippen LogP contribution >= 0.6 is 0 Å². The van der Waals surface area contributed by atoms with Crippen molar-refractivity contribution in [3.63, 3.8) is 0 Å². The molecule has 0 spiro atoms. The zero-order valence-corrected chi connectivity index (χ0v) is 54.6. The largest absolute Gasteiger partial charge is 0.550 e. The second-order valence-corrected chi connectivity index (χ2v) is 21.6. The topological polar surface area (TPSA) is 533 Å². The summed E-state index contributed by atoms with van der Waals surface area (Å²) in [7, 11) is 24.6. The Labute approximate surface area is 510 Å². The fraction of sp³-hybridized carbons (Fsp3) is 0.755. The van der Waals surface area contributed by atoms with E-state index in [9.17, 15) is 82.8 Å². The van der Waals surface area contributed by atoms with Gasteiger partial charge in [0, 0.05) is 59.4 Å². The monoisotopic (exact) mass is 1280 g/mol. The number of aliphatic hydroxyl groups excluding tert-OH is 4. The summed E-state index contributed by atoms with van der Waals surface area (Å²) in [6.45, 7) is 16.7. The van der Waals surface area contributed by atoms with Gasteiger partial charge in [0.25, 0.3) is 0 Å². The standard InChI is InChI=1S/C6H8O7.4C6H10O4.4C5H14NO.C3H4O3/c7-3(8)1-6(13,5(11)12)2-4(9)10;4*1-3-5(6(8)9)10-4(2)7;4*1-6(2,3)4-5-7;1-2(4)3(5)6/h13H,1-2H2,(H,7,8)(H,9,10)(H,11,12);4*5H,3H2,1-2H3,(H,8,9);4*7H,4-5H2,1-3H3;1H3,(H,5,6)/q;;;;;4*+1;/p-4. The highest BCUT2D eigenvalue weighted by atomic mass is 16.6. The Morgan fingerprint density at radius 1 is 0.368 bits per heavy atom. The summed E-state index contributed by atoms with van der Waals surface area (Å²) in [4.78, 5) is 130. The molecule has 0 aliphatic rings. The van der Waals surface area contributed by atoms with E-state index in [-0.39, 0.29) is 26.4 Å². The number of carboxylic acid groups (broad SMARTS) is 8. The highest BCUT2D eigenvalue weighted by molar-refractivity contribution is 6.30. The number of ketones is 1. The molecule has 0 amide bonds. The van der Waals surface area contributed by atoms with Crippen molar-refractivity contribution >= 4 is 77.4 Å². The average Bonchev–Trinajstić information content (AvgIpc) is 3.30. The predicted octanol–water partition coefficient (Wildman–Crippen LogP) is -6.54. The van der Waals surface area contributed by atoms with Crippen LogP contribution in [0.15, 0.2) is 0 Å². The van der Waals surface area contributed by atoms with Crippen LogP contribution in [0.4, 0.5) is 0 Å². The van der Waals surface area contributed by atoms with E-state index in [1.54, 1.807) is 27.7 Å². The molecule has 87 heavy (non-hydrogen) atoms. The van der Waals surface area contributed by atoms with Crippen molar-refractivity contribution in [2.75, 3.05) is 137 Å². The summed E-state index contributed by atoms with van der Waals surface area (Å²) in [5.41, 5.74) is -2.97. The van der Waals surface area contributed by atoms with Gasteiger partial charge in [-0.05, 0) is 25.7 Å². The Hall–Kier alpha value is -7.05. The van der Waals surface area contributed by atoms with E-state index in [0.29, 0.717) is 25.7 Å². The SMILES string of the molecule is CC(=O)C(=O)[O-].CCC(OC(C)=O)C(=O)O.CCC(OC(C)=O)C(=O)O.CCC(OC(C)=O)C(=O)O.CCC(OC(C)=O)C(=O)O.C[N+](C)(C)CCO.C[N+](C)(C)CCO.C[N+](C)(C)CCO.C[N+](C)(C)CCO.O=C([O-])CC(O)(CC(=O)[O-])C(=O)[O-]. The quantitative estimate of drug-likeness (QED) is 0.0168. The van der Waals surface area contributed by atoms with Crippen LogP contribution in [0.5, 0.6) is 0 Å². The Morgan fingerprint density at radius 3 is 0.552 bits per heavy atom. The van der Waals surface area contributed by atoms with E-state index in [1.165, 1.54) is 27.7 Å². The van der Waals surface area contributed by atoms with Gasteiger partial charge in [-0.3, -0.25) is 24.0 Å². The Morgan fingerprint density at radius 2 is 0.517 bits per heavy atom. The van der Waals surface area contributed by atoms with E-state index >= 15 is 0 Å². The molecular formula is C53H104N4O30. The van der Waals surface area contributed by atoms with Crippen LogP contribution in [0.3, 0.4) is 0 Å². The Kier molecular flexibility index (Phi) is 66.4. The van der Waals surface area contributed by atoms with Crippen molar-refractivity contribution in [3.05, 3.63) is 0 Å². The first-order valence-electron chi connectivity index (χ1n) is 26.3. The van der Waals surface area contributed by atoms with Crippen LogP contribution in [0.2, 0.25) is 0 Å². The van der Waals surface area contributed by atoms with Crippen molar-refractivity contribution in [2.24, 2.45) is 0 Å². The molecule has 0 saturated carbocycles. The minimum Gasteiger partial charge on any atom is -0.550 e. The van der Waals surface area contributed by atoms with Gasteiger partial charge in [0.15, 0.2) is 30.2 Å². The minimum absolute atomic E-state index is 0.281. The first-order chi connectivity index (χ1) is 39.0. The highest BCUT2D eigenvalue weighted by Crippen LogP contribution is 2.13. The molecule has 0 bridgehead atoms. The molecule has 516 valence electrons. The van der Waals surface area contributed by atoms with Crippen molar-refractivity contribution < 1.29 is 166 Å². The molecule has 4 atom stereocenters. The maximum Gasteiger partial charge on any atom is 0.345 e. The number of aliphatic hydroxyl groups is 5. The number of ether oxygens (including phenoxy) is 4. The van der Waals surface area contributed by atoms with Crippen LogP contribution in [-0.4, -0.2) is 309 Å². The first-order valence-corrected chi connectivity index (χ1v) is 26.3. The maximum absolute atomic E-state index is 10.2. The molecule has 0 rings (SSSR count). The lowest BCUT2D eigenvalue weighted by molar-refractivity contribution is -0.870. The summed E-state index contributed by atoms with van der Waals surface area (Å²) in [5.74, 6) is -15.2. The number of carboxylic acids is 8. The predicted molar refractivity (Wildman–Crippen MR) is 299 cm³/mol. The molecule has 0 fully saturated rings. The molecule has 0 aromatic carbocycles. The molecule has 9 N–H and O–H groups in total. The van der Waals surface area contributed by atoms with Gasteiger partial charge in [-0.1, -0.05) is 27.7 Å². The van der Waals surface area contributed by atoms with Crippen LogP contribution in [0.1, 0.15) is 101 Å². The normalized spacial score (nSPS) is 11.6. The van der Waals surface area contributed by atoms with E-state index in [2.05, 4.69) is 104 Å². The fourth-order valence-corrected chi connectivity index (χ4v) is 3.92. The molecule has 34 heteroatoms. The van der Waals surface area contributed by atoms with E-state index in [4.69, 9.17) is 46.0 Å². The van der Waals surface area contributed by atoms with E-state index in [0.717, 1.165) is 51.0 Å². The van der Waals surface area contributed by atoms with Gasteiger partial charge in [0.05, 0.1) is 117 Å². The summed E-state index contributed by atoms with van der Waals surface area (Å²) in [6, 6.07) is 0. The molecule has 0 saturated heterocycles. The molecule has 0 aromatic rings. The van der Waals surface area contributed by atoms with E-state index < -0.39 is 120 Å². The number of esters is 4. The van der Waals surface area contributed by atoms with Crippen molar-refractivity contribution in [1.29, 1.82) is 0 Å². The molecule has 0 aliphatic heterocycles. The molecule has 0 radical (unpaired) electrons. The number of hydrogen-bond donors (Lipinski definition) is 9. The number of quaternary nitrogens is 4. The second-order valence-electron chi connectivity index (χ2n) is 21.6. The summed E-state index contributed by atoms with van der Waals surface area (Å²) < 4.78 is 21.1. The smallest absolute Gasteiger partial charge is 0.345 e. The van der Waals surface area contributed by atoms with Gasteiger partial charge < -0.3 is 122 Å². The number of carbonyl (C=O) groups excluding carboxylic acids is 9. The second kappa shape index (κ2) is 56.7. The first kappa shape index (κ1) is 102. The molecule has 0 aliphatic carbocycles. The Bertz CT molecular complexity index is 1740. The molecule has 34 nitrogen and oxygen atoms in total. The fourth-order valence-electron chi connectivity index (χ4n) is 3.92. The maximum atomic E-state index is 10.2. The van der Waals surface area contributed by atoms with Gasteiger partial charge in [-0.15, -0.1) is 0 Å². The number of likely N-dealkylation sites (N-methyl/N-ethyl adjacent to an activating group) is 4. The zero-order chi connectivity index (χ0) is 72.0. The number of nitrogens with zero attached hydrogens (tertiary/aromatic N) is 4. The number of Topliss-reactive ketones (excluding diaryl/α,β-unsaturated/α-hetero) is 1. The third kappa shape index (κ3) is 98.3. The van der Waals surface area contributed by atoms with Gasteiger partial charge >= 0.3 is 47.8 Å². The third-order valence-electron chi connectivity index (χ3n) is 8.44. The van der Waals surface area contributed by atoms with E-state index in [1.807, 2.05) is 0 Å². The van der Waals surface area contributed by atoms with Crippen molar-refractivity contribution in [2.45, 2.75) is 131 Å². The molecule has 0 aromatic heterocycles. The lowest BCUT2D eigenvalue weighted by Crippen LogP contribution is -2.54. The Balaban J connectivity index is -0.0000000954. The van der Waals surface area contributed by atoms with Crippen LogP contribution < -0.4 is 20.4 Å². The number of hydrogen-bond acceptors (Lipinski definition) is 26. The van der Waals surface area contributed by atoms with Crippen LogP contribution in [-0.2, 0) is 81.3 Å². The van der Waals surface area contributed by atoms with Gasteiger partial charge in [-0.2, -0.15) is 0 Å². The van der Waals surface area contributed by atoms with Gasteiger partial charge in [0.1, 0.15) is 37.7 Å². The lowest BCUT2D eigenvalue weighted by Gasteiger charge is -2.29. The van der Waals surface area contributed by atoms with Crippen molar-refractivity contribution in [3.8, 4) is 0 Å². The molecular weight excluding hydrogens is 1170 g/mol. The third-order valence-corrected chi connectivity index (χ3v) is 8.44. The van der Waals surface area contributed by atoms with Gasteiger partial charge in [-0.25, -0.2) is 19.2 Å². The van der Waals surface area contributed by atoms with Crippen LogP contribution in [0.25, 0.3) is 0 Å². The summed E-state index contributed by atoms with van der Waals surface area (Å²) >= 11 is 0. The van der Waals surface area contributed by atoms with Crippen LogP contribution in [0, 0.1) is 0 Å². The number of aliphatic carboxylic acids is 8. The van der Waals surface area contributed by atoms with Crippen molar-refractivity contribution in [1.82, 2.24) is 0 Å². The highest BCUT2D eigenvalue weighted by Gasteiger charge is 2.29. The number of rotatable bonds is 26. The average molecular weight is 1280 g/mol. The lowest BCUT2D eigenvalue weighted by atomic mass is 9.96. The van der Waals surface area contributed by atoms with Gasteiger partial charge in [0.2, 0.25) is 0 Å². The summed E-state index contributed by atoms with van der Waals surface area (Å²) in [6.07, 6.45) is -5.47. The number of carbonyl (C=O) groups is 13. The summed E-state index contributed by atoms with van der Waals surface area (Å²) in [5, 5.41) is 115. The molecule has 0 heterocycles.